The molecular formula is C13H13Cl2N3. The molecule has 18 heavy (non-hydrogen) atoms. The van der Waals surface area contributed by atoms with Crippen LogP contribution in [0.2, 0.25) is 10.0 Å². The van der Waals surface area contributed by atoms with Gasteiger partial charge in [-0.2, -0.15) is 0 Å². The van der Waals surface area contributed by atoms with E-state index < -0.39 is 0 Å². The van der Waals surface area contributed by atoms with Crippen LogP contribution in [0, 0.1) is 0 Å². The maximum absolute atomic E-state index is 6.16. The van der Waals surface area contributed by atoms with E-state index in [4.69, 9.17) is 23.2 Å². The monoisotopic (exact) mass is 281 g/mol. The van der Waals surface area contributed by atoms with Crippen LogP contribution >= 0.6 is 23.2 Å². The minimum Gasteiger partial charge on any atom is -0.369 e. The van der Waals surface area contributed by atoms with E-state index in [1.165, 1.54) is 0 Å². The summed E-state index contributed by atoms with van der Waals surface area (Å²) in [4.78, 5) is 8.45. The summed E-state index contributed by atoms with van der Waals surface area (Å²) in [7, 11) is 0. The molecule has 0 spiro atoms. The van der Waals surface area contributed by atoms with E-state index in [-0.39, 0.29) is 0 Å². The van der Waals surface area contributed by atoms with Crippen molar-refractivity contribution in [2.75, 3.05) is 11.9 Å². The zero-order valence-electron chi connectivity index (χ0n) is 9.95. The van der Waals surface area contributed by atoms with Crippen molar-refractivity contribution in [3.63, 3.8) is 0 Å². The lowest BCUT2D eigenvalue weighted by Crippen LogP contribution is -2.03. The number of hydrogen-bond donors (Lipinski definition) is 1. The van der Waals surface area contributed by atoms with Crippen LogP contribution in [0.4, 0.5) is 5.82 Å². The van der Waals surface area contributed by atoms with Gasteiger partial charge in [-0.05, 0) is 30.7 Å². The van der Waals surface area contributed by atoms with E-state index in [1.54, 1.807) is 18.5 Å². The highest BCUT2D eigenvalue weighted by atomic mass is 35.5. The van der Waals surface area contributed by atoms with Crippen molar-refractivity contribution < 1.29 is 0 Å². The first kappa shape index (κ1) is 13.1. The third kappa shape index (κ3) is 3.12. The van der Waals surface area contributed by atoms with Crippen molar-refractivity contribution in [3.8, 4) is 0 Å². The van der Waals surface area contributed by atoms with Crippen LogP contribution in [0.15, 0.2) is 30.6 Å². The minimum absolute atomic E-state index is 0.542. The third-order valence-corrected chi connectivity index (χ3v) is 3.08. The second-order valence-corrected chi connectivity index (χ2v) is 4.62. The van der Waals surface area contributed by atoms with E-state index in [2.05, 4.69) is 15.3 Å². The fraction of sp³-hybridized carbons (Fsp3) is 0.231. The van der Waals surface area contributed by atoms with Gasteiger partial charge in [-0.3, -0.25) is 4.98 Å². The molecule has 0 aliphatic heterocycles. The van der Waals surface area contributed by atoms with E-state index in [9.17, 15) is 0 Å². The molecule has 0 radical (unpaired) electrons. The van der Waals surface area contributed by atoms with Gasteiger partial charge in [0.1, 0.15) is 5.82 Å². The summed E-state index contributed by atoms with van der Waals surface area (Å²) in [5, 5.41) is 4.24. The Labute approximate surface area is 116 Å². The molecule has 94 valence electrons. The van der Waals surface area contributed by atoms with Gasteiger partial charge < -0.3 is 5.32 Å². The molecule has 0 saturated heterocycles. The van der Waals surface area contributed by atoms with Crippen LogP contribution < -0.4 is 5.32 Å². The van der Waals surface area contributed by atoms with Gasteiger partial charge in [0.2, 0.25) is 0 Å². The standard InChI is InChI=1S/C13H13Cl2N3/c1-2-17-13-11(15)8-10(14)12(18-13)7-9-3-5-16-6-4-9/h3-6,8H,2,7H2,1H3,(H,17,18). The molecule has 0 aromatic carbocycles. The fourth-order valence-corrected chi connectivity index (χ4v) is 2.11. The SMILES string of the molecule is CCNc1nc(Cc2ccncc2)c(Cl)cc1Cl. The van der Waals surface area contributed by atoms with Gasteiger partial charge in [-0.15, -0.1) is 0 Å². The minimum atomic E-state index is 0.542. The largest absolute Gasteiger partial charge is 0.369 e. The number of anilines is 1. The van der Waals surface area contributed by atoms with Crippen LogP contribution in [-0.2, 0) is 6.42 Å². The summed E-state index contributed by atoms with van der Waals surface area (Å²) in [6.07, 6.45) is 4.17. The van der Waals surface area contributed by atoms with E-state index >= 15 is 0 Å². The summed E-state index contributed by atoms with van der Waals surface area (Å²) in [5.74, 6) is 0.674. The molecule has 0 atom stereocenters. The Hall–Kier alpha value is -1.32. The quantitative estimate of drug-likeness (QED) is 0.926. The lowest BCUT2D eigenvalue weighted by atomic mass is 10.1. The first-order chi connectivity index (χ1) is 8.70. The molecular weight excluding hydrogens is 269 g/mol. The molecule has 0 aliphatic rings. The first-order valence-corrected chi connectivity index (χ1v) is 6.44. The van der Waals surface area contributed by atoms with Crippen molar-refractivity contribution in [2.24, 2.45) is 0 Å². The Morgan fingerprint density at radius 3 is 2.56 bits per heavy atom. The summed E-state index contributed by atoms with van der Waals surface area (Å²) in [5.41, 5.74) is 1.92. The number of nitrogens with zero attached hydrogens (tertiary/aromatic N) is 2. The second kappa shape index (κ2) is 6.03. The number of rotatable bonds is 4. The lowest BCUT2D eigenvalue weighted by Gasteiger charge is -2.09. The average Bonchev–Trinajstić information content (AvgIpc) is 2.37. The van der Waals surface area contributed by atoms with Gasteiger partial charge in [0.15, 0.2) is 0 Å². The van der Waals surface area contributed by atoms with Crippen molar-refractivity contribution in [2.45, 2.75) is 13.3 Å². The fourth-order valence-electron chi connectivity index (χ4n) is 1.61. The molecule has 0 unspecified atom stereocenters. The van der Waals surface area contributed by atoms with Gasteiger partial charge >= 0.3 is 0 Å². The van der Waals surface area contributed by atoms with Crippen molar-refractivity contribution in [3.05, 3.63) is 51.9 Å². The topological polar surface area (TPSA) is 37.8 Å². The number of aromatic nitrogens is 2. The highest BCUT2D eigenvalue weighted by molar-refractivity contribution is 6.36. The molecule has 2 aromatic rings. The summed E-state index contributed by atoms with van der Waals surface area (Å²) < 4.78 is 0. The molecule has 0 fully saturated rings. The number of hydrogen-bond acceptors (Lipinski definition) is 3. The van der Waals surface area contributed by atoms with Crippen LogP contribution in [0.3, 0.4) is 0 Å². The van der Waals surface area contributed by atoms with Crippen molar-refractivity contribution >= 4 is 29.0 Å². The zero-order chi connectivity index (χ0) is 13.0. The molecule has 3 nitrogen and oxygen atoms in total. The third-order valence-electron chi connectivity index (χ3n) is 2.47. The normalized spacial score (nSPS) is 10.4. The Bertz CT molecular complexity index is 529. The Kier molecular flexibility index (Phi) is 4.39. The van der Waals surface area contributed by atoms with Crippen LogP contribution in [0.1, 0.15) is 18.2 Å². The Morgan fingerprint density at radius 1 is 1.17 bits per heavy atom. The first-order valence-electron chi connectivity index (χ1n) is 5.68. The number of pyridine rings is 2. The molecule has 0 amide bonds. The maximum atomic E-state index is 6.16. The predicted octanol–water partition coefficient (Wildman–Crippen LogP) is 3.81. The average molecular weight is 282 g/mol. The van der Waals surface area contributed by atoms with E-state index in [1.807, 2.05) is 19.1 Å². The van der Waals surface area contributed by atoms with Crippen LogP contribution in [0.25, 0.3) is 0 Å². The van der Waals surface area contributed by atoms with Gasteiger partial charge in [0.25, 0.3) is 0 Å². The lowest BCUT2D eigenvalue weighted by molar-refractivity contribution is 1.05. The van der Waals surface area contributed by atoms with Gasteiger partial charge in [-0.1, -0.05) is 23.2 Å². The molecule has 2 rings (SSSR count). The summed E-state index contributed by atoms with van der Waals surface area (Å²) in [6, 6.07) is 5.61. The van der Waals surface area contributed by atoms with Crippen LogP contribution in [-0.4, -0.2) is 16.5 Å². The van der Waals surface area contributed by atoms with Gasteiger partial charge in [-0.25, -0.2) is 4.98 Å². The number of nitrogens with one attached hydrogen (secondary N) is 1. The van der Waals surface area contributed by atoms with E-state index in [0.717, 1.165) is 17.8 Å². The highest BCUT2D eigenvalue weighted by Crippen LogP contribution is 2.27. The predicted molar refractivity (Wildman–Crippen MR) is 75.5 cm³/mol. The Balaban J connectivity index is 2.30. The van der Waals surface area contributed by atoms with Crippen LogP contribution in [0.5, 0.6) is 0 Å². The molecule has 0 bridgehead atoms. The molecule has 2 heterocycles. The van der Waals surface area contributed by atoms with Crippen molar-refractivity contribution in [1.82, 2.24) is 9.97 Å². The van der Waals surface area contributed by atoms with Crippen molar-refractivity contribution in [1.29, 1.82) is 0 Å². The Morgan fingerprint density at radius 2 is 1.89 bits per heavy atom. The van der Waals surface area contributed by atoms with Gasteiger partial charge in [0.05, 0.1) is 15.7 Å². The van der Waals surface area contributed by atoms with Gasteiger partial charge in [0, 0.05) is 25.4 Å². The summed E-state index contributed by atoms with van der Waals surface area (Å²) in [6.45, 7) is 2.76. The molecule has 0 saturated carbocycles. The molecule has 5 heteroatoms. The highest BCUT2D eigenvalue weighted by Gasteiger charge is 2.09. The number of halogens is 2. The second-order valence-electron chi connectivity index (χ2n) is 3.81. The zero-order valence-corrected chi connectivity index (χ0v) is 11.5. The molecule has 1 N–H and O–H groups in total. The molecule has 2 aromatic heterocycles. The molecule has 0 aliphatic carbocycles. The maximum Gasteiger partial charge on any atom is 0.145 e. The smallest absolute Gasteiger partial charge is 0.145 e. The summed E-state index contributed by atoms with van der Waals surface area (Å²) >= 11 is 12.2. The van der Waals surface area contributed by atoms with E-state index in [0.29, 0.717) is 22.3 Å².